The topological polar surface area (TPSA) is 88.2 Å². The molecule has 0 aromatic heterocycles. The molecule has 2 heterocycles. The third kappa shape index (κ3) is 4.45. The van der Waals surface area contributed by atoms with E-state index in [-0.39, 0.29) is 12.3 Å². The Labute approximate surface area is 176 Å². The Kier molecular flexibility index (Phi) is 5.97. The van der Waals surface area contributed by atoms with E-state index in [0.717, 1.165) is 24.3 Å². The monoisotopic (exact) mass is 406 g/mol. The number of nitrogens with two attached hydrogens (primary N) is 1. The van der Waals surface area contributed by atoms with Gasteiger partial charge >= 0.3 is 0 Å². The van der Waals surface area contributed by atoms with Crippen molar-refractivity contribution in [1.29, 1.82) is 0 Å². The van der Waals surface area contributed by atoms with E-state index in [2.05, 4.69) is 5.10 Å². The van der Waals surface area contributed by atoms with Crippen LogP contribution in [0, 0.1) is 5.92 Å². The summed E-state index contributed by atoms with van der Waals surface area (Å²) in [5, 5.41) is 6.03. The molecule has 7 heteroatoms. The number of nitrogens with zero attached hydrogens (tertiary/aromatic N) is 3. The largest absolute Gasteiger partial charge is 0.493 e. The summed E-state index contributed by atoms with van der Waals surface area (Å²) in [6.07, 6.45) is 2.00. The third-order valence-corrected chi connectivity index (χ3v) is 5.64. The molecule has 0 saturated carbocycles. The van der Waals surface area contributed by atoms with Gasteiger partial charge in [0.25, 0.3) is 5.91 Å². The van der Waals surface area contributed by atoms with Gasteiger partial charge in [-0.2, -0.15) is 5.10 Å². The molecule has 0 bridgehead atoms. The van der Waals surface area contributed by atoms with Crippen molar-refractivity contribution in [3.63, 3.8) is 0 Å². The fourth-order valence-electron chi connectivity index (χ4n) is 3.90. The number of ether oxygens (including phenoxy) is 1. The number of carbonyl (C=O) groups is 2. The Bertz CT molecular complexity index is 909. The molecule has 2 amide bonds. The molecule has 1 unspecified atom stereocenters. The first-order valence-corrected chi connectivity index (χ1v) is 10.3. The van der Waals surface area contributed by atoms with Crippen LogP contribution in [-0.2, 0) is 9.59 Å². The number of hydrazone groups is 1. The lowest BCUT2D eigenvalue weighted by molar-refractivity contribution is -0.125. The number of primary amides is 1. The average Bonchev–Trinajstić information content (AvgIpc) is 3.25. The Hall–Kier alpha value is -3.35. The van der Waals surface area contributed by atoms with E-state index < -0.39 is 11.9 Å². The van der Waals surface area contributed by atoms with Crippen LogP contribution in [0.1, 0.15) is 19.3 Å². The van der Waals surface area contributed by atoms with Crippen molar-refractivity contribution in [1.82, 2.24) is 4.90 Å². The van der Waals surface area contributed by atoms with Gasteiger partial charge in [-0.05, 0) is 43.0 Å². The minimum atomic E-state index is -0.636. The molecule has 4 rings (SSSR count). The van der Waals surface area contributed by atoms with Crippen LogP contribution >= 0.6 is 0 Å². The Morgan fingerprint density at radius 1 is 1.00 bits per heavy atom. The average molecular weight is 406 g/mol. The van der Waals surface area contributed by atoms with E-state index in [4.69, 9.17) is 10.5 Å². The number of amides is 2. The fraction of sp³-hybridized carbons (Fsp3) is 0.348. The van der Waals surface area contributed by atoms with E-state index in [1.165, 1.54) is 0 Å². The highest BCUT2D eigenvalue weighted by Gasteiger charge is 2.37. The molecule has 2 aliphatic rings. The molecule has 30 heavy (non-hydrogen) atoms. The van der Waals surface area contributed by atoms with Crippen molar-refractivity contribution in [2.75, 3.05) is 24.7 Å². The molecule has 156 valence electrons. The third-order valence-electron chi connectivity index (χ3n) is 5.64. The molecule has 1 fully saturated rings. The van der Waals surface area contributed by atoms with Crippen molar-refractivity contribution in [2.24, 2.45) is 16.8 Å². The van der Waals surface area contributed by atoms with Gasteiger partial charge in [-0.3, -0.25) is 14.6 Å². The Balaban J connectivity index is 1.35. The maximum absolute atomic E-state index is 13.0. The maximum Gasteiger partial charge on any atom is 0.270 e. The van der Waals surface area contributed by atoms with E-state index >= 15 is 0 Å². The quantitative estimate of drug-likeness (QED) is 0.798. The van der Waals surface area contributed by atoms with Gasteiger partial charge in [0.1, 0.15) is 17.5 Å². The molecular formula is C23H26N4O3. The number of para-hydroxylation sites is 2. The summed E-state index contributed by atoms with van der Waals surface area (Å²) >= 11 is 0. The zero-order valence-corrected chi connectivity index (χ0v) is 16.8. The van der Waals surface area contributed by atoms with Gasteiger partial charge in [0.15, 0.2) is 0 Å². The zero-order chi connectivity index (χ0) is 20.9. The van der Waals surface area contributed by atoms with E-state index in [1.807, 2.05) is 65.6 Å². The lowest BCUT2D eigenvalue weighted by atomic mass is 9.97. The number of carbonyl (C=O) groups excluding carboxylic acids is 2. The first kappa shape index (κ1) is 19.9. The first-order valence-electron chi connectivity index (χ1n) is 10.3. The number of hydrogen-bond acceptors (Lipinski definition) is 5. The van der Waals surface area contributed by atoms with E-state index in [9.17, 15) is 9.59 Å². The normalized spacial score (nSPS) is 19.5. The fourth-order valence-corrected chi connectivity index (χ4v) is 3.90. The minimum absolute atomic E-state index is 0.109. The molecule has 1 saturated heterocycles. The number of likely N-dealkylation sites (tertiary alicyclic amines) is 1. The van der Waals surface area contributed by atoms with Gasteiger partial charge in [-0.25, -0.2) is 0 Å². The van der Waals surface area contributed by atoms with Crippen molar-refractivity contribution < 1.29 is 14.3 Å². The van der Waals surface area contributed by atoms with Crippen molar-refractivity contribution >= 4 is 23.2 Å². The molecule has 0 radical (unpaired) electrons. The summed E-state index contributed by atoms with van der Waals surface area (Å²) in [5.41, 5.74) is 6.71. The molecule has 7 nitrogen and oxygen atoms in total. The second-order valence-electron chi connectivity index (χ2n) is 7.71. The van der Waals surface area contributed by atoms with Crippen molar-refractivity contribution in [2.45, 2.75) is 25.3 Å². The Morgan fingerprint density at radius 2 is 1.63 bits per heavy atom. The minimum Gasteiger partial charge on any atom is -0.493 e. The Morgan fingerprint density at radius 3 is 2.27 bits per heavy atom. The molecule has 0 spiro atoms. The van der Waals surface area contributed by atoms with Gasteiger partial charge in [0, 0.05) is 19.5 Å². The molecule has 2 aliphatic heterocycles. The molecule has 2 aromatic carbocycles. The second kappa shape index (κ2) is 8.98. The highest BCUT2D eigenvalue weighted by Crippen LogP contribution is 2.26. The number of benzene rings is 2. The number of rotatable bonds is 6. The van der Waals surface area contributed by atoms with Crippen LogP contribution in [0.4, 0.5) is 5.69 Å². The van der Waals surface area contributed by atoms with Gasteiger partial charge in [-0.15, -0.1) is 0 Å². The van der Waals surface area contributed by atoms with Crippen LogP contribution in [0.25, 0.3) is 0 Å². The molecule has 0 aliphatic carbocycles. The van der Waals surface area contributed by atoms with Crippen LogP contribution in [-0.4, -0.2) is 48.2 Å². The summed E-state index contributed by atoms with van der Waals surface area (Å²) < 4.78 is 5.86. The van der Waals surface area contributed by atoms with Crippen LogP contribution in [0.15, 0.2) is 65.8 Å². The summed E-state index contributed by atoms with van der Waals surface area (Å²) in [5.74, 6) is 0.693. The summed E-state index contributed by atoms with van der Waals surface area (Å²) in [6, 6.07) is 18.5. The van der Waals surface area contributed by atoms with Crippen LogP contribution in [0.2, 0.25) is 0 Å². The predicted molar refractivity (Wildman–Crippen MR) is 115 cm³/mol. The summed E-state index contributed by atoms with van der Waals surface area (Å²) in [7, 11) is 0. The SMILES string of the molecule is NC(=O)C1CC(C(=O)N2CCC(COc3ccccc3)CC2)=NN1c1ccccc1. The van der Waals surface area contributed by atoms with Gasteiger partial charge in [0.2, 0.25) is 5.91 Å². The van der Waals surface area contributed by atoms with Gasteiger partial charge in [-0.1, -0.05) is 36.4 Å². The summed E-state index contributed by atoms with van der Waals surface area (Å²) in [6.45, 7) is 1.97. The molecule has 2 aromatic rings. The van der Waals surface area contributed by atoms with Crippen molar-refractivity contribution in [3.05, 3.63) is 60.7 Å². The van der Waals surface area contributed by atoms with E-state index in [0.29, 0.717) is 31.3 Å². The first-order chi connectivity index (χ1) is 14.6. The molecular weight excluding hydrogens is 380 g/mol. The zero-order valence-electron chi connectivity index (χ0n) is 16.8. The van der Waals surface area contributed by atoms with E-state index in [1.54, 1.807) is 5.01 Å². The molecule has 1 atom stereocenters. The summed E-state index contributed by atoms with van der Waals surface area (Å²) in [4.78, 5) is 26.8. The van der Waals surface area contributed by atoms with Crippen LogP contribution in [0.3, 0.4) is 0 Å². The molecule has 2 N–H and O–H groups in total. The van der Waals surface area contributed by atoms with Crippen LogP contribution < -0.4 is 15.5 Å². The number of piperidine rings is 1. The smallest absolute Gasteiger partial charge is 0.270 e. The van der Waals surface area contributed by atoms with Crippen LogP contribution in [0.5, 0.6) is 5.75 Å². The standard InChI is InChI=1S/C23H26N4O3/c24-22(28)21-15-20(25-27(21)18-7-3-1-4-8-18)23(29)26-13-11-17(12-14-26)16-30-19-9-5-2-6-10-19/h1-10,17,21H,11-16H2,(H2,24,28). The number of anilines is 1. The van der Waals surface area contributed by atoms with Crippen molar-refractivity contribution in [3.8, 4) is 5.75 Å². The highest BCUT2D eigenvalue weighted by atomic mass is 16.5. The predicted octanol–water partition coefficient (Wildman–Crippen LogP) is 2.42. The van der Waals surface area contributed by atoms with Gasteiger partial charge < -0.3 is 15.4 Å². The number of hydrogen-bond donors (Lipinski definition) is 1. The second-order valence-corrected chi connectivity index (χ2v) is 7.71. The lowest BCUT2D eigenvalue weighted by Gasteiger charge is -2.31. The lowest BCUT2D eigenvalue weighted by Crippen LogP contribution is -2.43. The maximum atomic E-state index is 13.0. The van der Waals surface area contributed by atoms with Gasteiger partial charge in [0.05, 0.1) is 12.3 Å². The highest BCUT2D eigenvalue weighted by molar-refractivity contribution is 6.40.